The Bertz CT molecular complexity index is 895. The SMILES string of the molecule is CN1CC=C2C(C#N)=C(N)C(C#N)(C#N)[C@@H](c3ccccc3Br)[C@@H]2C1. The monoisotopic (exact) mass is 393 g/mol. The minimum atomic E-state index is -1.57. The van der Waals surface area contributed by atoms with Crippen LogP contribution in [0.15, 0.2) is 51.7 Å². The zero-order valence-corrected chi connectivity index (χ0v) is 15.3. The van der Waals surface area contributed by atoms with E-state index in [4.69, 9.17) is 5.73 Å². The van der Waals surface area contributed by atoms with Gasteiger partial charge in [-0.05, 0) is 24.3 Å². The normalized spacial score (nSPS) is 25.2. The van der Waals surface area contributed by atoms with Crippen LogP contribution in [0.5, 0.6) is 0 Å². The number of nitrogens with two attached hydrogens (primary N) is 1. The van der Waals surface area contributed by atoms with E-state index in [1.54, 1.807) is 0 Å². The lowest BCUT2D eigenvalue weighted by Crippen LogP contribution is -2.47. The Morgan fingerprint density at radius 3 is 2.52 bits per heavy atom. The second-order valence-corrected chi connectivity index (χ2v) is 7.27. The highest BCUT2D eigenvalue weighted by atomic mass is 79.9. The third kappa shape index (κ3) is 2.45. The molecule has 0 saturated heterocycles. The van der Waals surface area contributed by atoms with Gasteiger partial charge >= 0.3 is 0 Å². The summed E-state index contributed by atoms with van der Waals surface area (Å²) >= 11 is 3.55. The predicted octanol–water partition coefficient (Wildman–Crippen LogP) is 2.80. The Labute approximate surface area is 155 Å². The van der Waals surface area contributed by atoms with Gasteiger partial charge in [-0.15, -0.1) is 0 Å². The molecule has 0 saturated carbocycles. The molecule has 0 bridgehead atoms. The van der Waals surface area contributed by atoms with Crippen LogP contribution in [-0.2, 0) is 0 Å². The highest BCUT2D eigenvalue weighted by molar-refractivity contribution is 9.10. The van der Waals surface area contributed by atoms with E-state index in [-0.39, 0.29) is 17.2 Å². The number of allylic oxidation sites excluding steroid dienone is 2. The van der Waals surface area contributed by atoms with Crippen molar-refractivity contribution in [2.45, 2.75) is 5.92 Å². The van der Waals surface area contributed by atoms with E-state index in [1.165, 1.54) is 0 Å². The molecule has 0 spiro atoms. The summed E-state index contributed by atoms with van der Waals surface area (Å²) in [7, 11) is 1.98. The Balaban J connectivity index is 2.37. The molecule has 6 heteroatoms. The summed E-state index contributed by atoms with van der Waals surface area (Å²) in [5, 5.41) is 29.5. The summed E-state index contributed by atoms with van der Waals surface area (Å²) in [5.41, 5.74) is 6.73. The first-order chi connectivity index (χ1) is 12.0. The average Bonchev–Trinajstić information content (AvgIpc) is 2.62. The fourth-order valence-electron chi connectivity index (χ4n) is 3.90. The van der Waals surface area contributed by atoms with Gasteiger partial charge in [0.15, 0.2) is 5.41 Å². The van der Waals surface area contributed by atoms with Crippen LogP contribution < -0.4 is 5.73 Å². The summed E-state index contributed by atoms with van der Waals surface area (Å²) in [6, 6.07) is 14.0. The topological polar surface area (TPSA) is 101 Å². The van der Waals surface area contributed by atoms with Crippen LogP contribution in [0.3, 0.4) is 0 Å². The van der Waals surface area contributed by atoms with Crippen LogP contribution in [0, 0.1) is 45.3 Å². The summed E-state index contributed by atoms with van der Waals surface area (Å²) in [6.45, 7) is 1.36. The molecule has 3 rings (SSSR count). The largest absolute Gasteiger partial charge is 0.399 e. The number of likely N-dealkylation sites (N-methyl/N-ethyl adjacent to an activating group) is 1. The number of fused-ring (bicyclic) bond motifs is 1. The molecular weight excluding hydrogens is 378 g/mol. The zero-order chi connectivity index (χ0) is 18.2. The van der Waals surface area contributed by atoms with Crippen LogP contribution in [-0.4, -0.2) is 25.0 Å². The van der Waals surface area contributed by atoms with E-state index in [9.17, 15) is 15.8 Å². The molecule has 0 radical (unpaired) electrons. The molecule has 124 valence electrons. The van der Waals surface area contributed by atoms with E-state index in [2.05, 4.69) is 39.0 Å². The van der Waals surface area contributed by atoms with E-state index >= 15 is 0 Å². The van der Waals surface area contributed by atoms with Gasteiger partial charge in [0.25, 0.3) is 0 Å². The summed E-state index contributed by atoms with van der Waals surface area (Å²) in [6.07, 6.45) is 1.99. The minimum Gasteiger partial charge on any atom is -0.399 e. The molecule has 2 aliphatic rings. The molecule has 1 aliphatic heterocycles. The van der Waals surface area contributed by atoms with Crippen molar-refractivity contribution in [3.63, 3.8) is 0 Å². The first kappa shape index (κ1) is 17.2. The molecule has 1 heterocycles. The van der Waals surface area contributed by atoms with Crippen LogP contribution in [0.4, 0.5) is 0 Å². The Morgan fingerprint density at radius 1 is 1.24 bits per heavy atom. The lowest BCUT2D eigenvalue weighted by molar-refractivity contribution is 0.237. The molecule has 1 aromatic carbocycles. The number of benzene rings is 1. The number of rotatable bonds is 1. The maximum atomic E-state index is 9.96. The molecule has 25 heavy (non-hydrogen) atoms. The van der Waals surface area contributed by atoms with Crippen LogP contribution >= 0.6 is 15.9 Å². The predicted molar refractivity (Wildman–Crippen MR) is 96.4 cm³/mol. The maximum absolute atomic E-state index is 9.96. The van der Waals surface area contributed by atoms with Crippen molar-refractivity contribution in [1.82, 2.24) is 4.90 Å². The summed E-state index contributed by atoms with van der Waals surface area (Å²) in [5.74, 6) is -0.608. The van der Waals surface area contributed by atoms with E-state index in [0.717, 1.165) is 15.6 Å². The van der Waals surface area contributed by atoms with Gasteiger partial charge in [0.05, 0.1) is 23.4 Å². The average molecular weight is 394 g/mol. The molecule has 0 aromatic heterocycles. The van der Waals surface area contributed by atoms with Crippen molar-refractivity contribution in [2.75, 3.05) is 20.1 Å². The van der Waals surface area contributed by atoms with Crippen molar-refractivity contribution in [3.8, 4) is 18.2 Å². The van der Waals surface area contributed by atoms with Gasteiger partial charge in [0.2, 0.25) is 0 Å². The molecule has 1 aromatic rings. The molecule has 2 N–H and O–H groups in total. The fourth-order valence-corrected chi connectivity index (χ4v) is 4.43. The fraction of sp³-hybridized carbons (Fsp3) is 0.316. The summed E-state index contributed by atoms with van der Waals surface area (Å²) < 4.78 is 0.829. The third-order valence-electron chi connectivity index (χ3n) is 5.09. The second kappa shape index (κ2) is 6.37. The highest BCUT2D eigenvalue weighted by Crippen LogP contribution is 2.55. The van der Waals surface area contributed by atoms with Crippen molar-refractivity contribution >= 4 is 15.9 Å². The number of nitrogens with zero attached hydrogens (tertiary/aromatic N) is 4. The van der Waals surface area contributed by atoms with Gasteiger partial charge in [-0.3, -0.25) is 0 Å². The van der Waals surface area contributed by atoms with Crippen LogP contribution in [0.2, 0.25) is 0 Å². The van der Waals surface area contributed by atoms with Gasteiger partial charge in [0, 0.05) is 29.4 Å². The van der Waals surface area contributed by atoms with Crippen LogP contribution in [0.25, 0.3) is 0 Å². The van der Waals surface area contributed by atoms with Gasteiger partial charge < -0.3 is 10.6 Å². The Kier molecular flexibility index (Phi) is 4.39. The maximum Gasteiger partial charge on any atom is 0.191 e. The first-order valence-electron chi connectivity index (χ1n) is 7.86. The molecule has 0 fully saturated rings. The summed E-state index contributed by atoms with van der Waals surface area (Å²) in [4.78, 5) is 2.12. The molecule has 1 aliphatic carbocycles. The van der Waals surface area contributed by atoms with Crippen molar-refractivity contribution in [3.05, 3.63) is 57.2 Å². The minimum absolute atomic E-state index is 0.0628. The number of halogens is 1. The molecule has 0 amide bonds. The van der Waals surface area contributed by atoms with Gasteiger partial charge in [0.1, 0.15) is 6.07 Å². The highest BCUT2D eigenvalue weighted by Gasteiger charge is 2.54. The number of hydrogen-bond acceptors (Lipinski definition) is 5. The van der Waals surface area contributed by atoms with Crippen molar-refractivity contribution in [1.29, 1.82) is 15.8 Å². The molecule has 0 unspecified atom stereocenters. The zero-order valence-electron chi connectivity index (χ0n) is 13.7. The number of nitriles is 3. The lowest BCUT2D eigenvalue weighted by Gasteiger charge is -2.45. The van der Waals surface area contributed by atoms with Gasteiger partial charge in [-0.25, -0.2) is 0 Å². The van der Waals surface area contributed by atoms with Crippen LogP contribution in [0.1, 0.15) is 11.5 Å². The molecule has 2 atom stereocenters. The second-order valence-electron chi connectivity index (χ2n) is 6.42. The third-order valence-corrected chi connectivity index (χ3v) is 5.81. The Hall–Kier alpha value is -2.59. The quantitative estimate of drug-likeness (QED) is 0.790. The van der Waals surface area contributed by atoms with E-state index in [0.29, 0.717) is 13.1 Å². The van der Waals surface area contributed by atoms with E-state index < -0.39 is 11.3 Å². The van der Waals surface area contributed by atoms with E-state index in [1.807, 2.05) is 37.4 Å². The molecule has 5 nitrogen and oxygen atoms in total. The van der Waals surface area contributed by atoms with Gasteiger partial charge in [-0.1, -0.05) is 40.2 Å². The molecular formula is C19H16BrN5. The van der Waals surface area contributed by atoms with Crippen molar-refractivity contribution in [2.24, 2.45) is 17.1 Å². The number of hydrogen-bond donors (Lipinski definition) is 1. The van der Waals surface area contributed by atoms with Crippen molar-refractivity contribution < 1.29 is 0 Å². The smallest absolute Gasteiger partial charge is 0.191 e. The Morgan fingerprint density at radius 2 is 1.92 bits per heavy atom. The lowest BCUT2D eigenvalue weighted by atomic mass is 9.58. The standard InChI is InChI=1S/C19H16BrN5/c1-25-7-6-12-14(8-21)18(24)19(10-22,11-23)17(15(12)9-25)13-4-2-3-5-16(13)20/h2-6,15,17H,7,9,24H2,1H3/t15-,17+/m1/s1. The van der Waals surface area contributed by atoms with Gasteiger partial charge in [-0.2, -0.15) is 15.8 Å². The first-order valence-corrected chi connectivity index (χ1v) is 8.65.